The Balaban J connectivity index is 1.75. The van der Waals surface area contributed by atoms with E-state index in [2.05, 4.69) is 30.2 Å². The van der Waals surface area contributed by atoms with Crippen LogP contribution in [0.1, 0.15) is 25.2 Å². The minimum Gasteiger partial charge on any atom is -0.358 e. The summed E-state index contributed by atoms with van der Waals surface area (Å²) in [5, 5.41) is 2.95. The van der Waals surface area contributed by atoms with Crippen LogP contribution in [0, 0.1) is 17.5 Å². The molecule has 11 heteroatoms. The molecular weight excluding hydrogens is 435 g/mol. The molecule has 5 aromatic rings. The smallest absolute Gasteiger partial charge is 0.269 e. The highest BCUT2D eigenvalue weighted by atomic mass is 19.2. The van der Waals surface area contributed by atoms with Crippen molar-refractivity contribution in [2.75, 3.05) is 5.32 Å². The molecule has 0 saturated heterocycles. The highest BCUT2D eigenvalue weighted by Gasteiger charge is 2.23. The van der Waals surface area contributed by atoms with E-state index in [1.54, 1.807) is 0 Å². The SMILES string of the molecule is CCC(Nc1ncnc2[nH]cnc12)c1nc2cccc(F)c2c(=O)n1-c1ccc(F)c(F)c1. The van der Waals surface area contributed by atoms with Crippen molar-refractivity contribution in [1.82, 2.24) is 29.5 Å². The average Bonchev–Trinajstić information content (AvgIpc) is 3.29. The number of rotatable bonds is 5. The Morgan fingerprint density at radius 3 is 2.70 bits per heavy atom. The minimum absolute atomic E-state index is 0.0133. The number of benzene rings is 2. The number of hydrogen-bond donors (Lipinski definition) is 2. The van der Waals surface area contributed by atoms with Crippen LogP contribution in [0.2, 0.25) is 0 Å². The van der Waals surface area contributed by atoms with Gasteiger partial charge in [0.15, 0.2) is 23.1 Å². The summed E-state index contributed by atoms with van der Waals surface area (Å²) in [5.74, 6) is -2.41. The lowest BCUT2D eigenvalue weighted by molar-refractivity contribution is 0.507. The molecule has 0 fully saturated rings. The first-order valence-corrected chi connectivity index (χ1v) is 10.0. The molecule has 0 aliphatic carbocycles. The van der Waals surface area contributed by atoms with Crippen molar-refractivity contribution < 1.29 is 13.2 Å². The number of nitrogens with zero attached hydrogens (tertiary/aromatic N) is 5. The lowest BCUT2D eigenvalue weighted by Gasteiger charge is -2.22. The summed E-state index contributed by atoms with van der Waals surface area (Å²) in [4.78, 5) is 33.4. The van der Waals surface area contributed by atoms with E-state index in [-0.39, 0.29) is 22.4 Å². The lowest BCUT2D eigenvalue weighted by atomic mass is 10.1. The van der Waals surface area contributed by atoms with Crippen LogP contribution in [0.25, 0.3) is 27.8 Å². The molecule has 1 atom stereocenters. The maximum Gasteiger partial charge on any atom is 0.269 e. The van der Waals surface area contributed by atoms with Crippen LogP contribution in [0.4, 0.5) is 19.0 Å². The van der Waals surface area contributed by atoms with Crippen molar-refractivity contribution in [3.63, 3.8) is 0 Å². The Kier molecular flexibility index (Phi) is 5.00. The van der Waals surface area contributed by atoms with E-state index < -0.39 is 29.1 Å². The number of H-pyrrole nitrogens is 1. The van der Waals surface area contributed by atoms with E-state index in [9.17, 15) is 18.0 Å². The van der Waals surface area contributed by atoms with Gasteiger partial charge in [0.05, 0.1) is 23.6 Å². The summed E-state index contributed by atoms with van der Waals surface area (Å²) in [6.45, 7) is 1.85. The van der Waals surface area contributed by atoms with Crippen LogP contribution in [-0.4, -0.2) is 29.5 Å². The molecule has 1 unspecified atom stereocenters. The van der Waals surface area contributed by atoms with Gasteiger partial charge in [-0.3, -0.25) is 9.36 Å². The van der Waals surface area contributed by atoms with E-state index in [1.807, 2.05) is 6.92 Å². The van der Waals surface area contributed by atoms with E-state index in [0.29, 0.717) is 23.4 Å². The number of aromatic amines is 1. The quantitative estimate of drug-likeness (QED) is 0.418. The molecule has 8 nitrogen and oxygen atoms in total. The zero-order valence-corrected chi connectivity index (χ0v) is 17.2. The van der Waals surface area contributed by atoms with Crippen molar-refractivity contribution >= 4 is 27.9 Å². The van der Waals surface area contributed by atoms with Crippen molar-refractivity contribution in [3.8, 4) is 5.69 Å². The van der Waals surface area contributed by atoms with Gasteiger partial charge >= 0.3 is 0 Å². The number of halogens is 3. The first kappa shape index (κ1) is 20.6. The average molecular weight is 451 g/mol. The van der Waals surface area contributed by atoms with Crippen molar-refractivity contribution in [3.05, 3.63) is 82.7 Å². The summed E-state index contributed by atoms with van der Waals surface area (Å²) >= 11 is 0. The van der Waals surface area contributed by atoms with E-state index >= 15 is 0 Å². The molecule has 0 spiro atoms. The second-order valence-corrected chi connectivity index (χ2v) is 7.27. The fourth-order valence-electron chi connectivity index (χ4n) is 3.70. The Hall–Kier alpha value is -4.28. The zero-order chi connectivity index (χ0) is 23.1. The van der Waals surface area contributed by atoms with Gasteiger partial charge in [-0.05, 0) is 30.7 Å². The predicted octanol–water partition coefficient (Wildman–Crippen LogP) is 4.03. The maximum atomic E-state index is 14.6. The molecule has 0 saturated carbocycles. The number of aromatic nitrogens is 6. The normalized spacial score (nSPS) is 12.4. The highest BCUT2D eigenvalue weighted by Crippen LogP contribution is 2.27. The number of anilines is 1. The summed E-state index contributed by atoms with van der Waals surface area (Å²) < 4.78 is 43.3. The molecule has 5 rings (SSSR count). The Labute approximate surface area is 184 Å². The predicted molar refractivity (Wildman–Crippen MR) is 116 cm³/mol. The molecule has 3 heterocycles. The monoisotopic (exact) mass is 451 g/mol. The van der Waals surface area contributed by atoms with Gasteiger partial charge in [-0.1, -0.05) is 13.0 Å². The molecule has 33 heavy (non-hydrogen) atoms. The molecule has 0 bridgehead atoms. The minimum atomic E-state index is -1.14. The third-order valence-corrected chi connectivity index (χ3v) is 5.28. The number of hydrogen-bond acceptors (Lipinski definition) is 6. The summed E-state index contributed by atoms with van der Waals surface area (Å²) in [6, 6.07) is 6.50. The lowest BCUT2D eigenvalue weighted by Crippen LogP contribution is -2.29. The van der Waals surface area contributed by atoms with E-state index in [1.165, 1.54) is 30.9 Å². The number of imidazole rings is 1. The topological polar surface area (TPSA) is 101 Å². The summed E-state index contributed by atoms with van der Waals surface area (Å²) in [5.41, 5.74) is 0.395. The largest absolute Gasteiger partial charge is 0.358 e. The molecule has 0 amide bonds. The van der Waals surface area contributed by atoms with Crippen LogP contribution in [0.15, 0.2) is 53.8 Å². The van der Waals surface area contributed by atoms with Gasteiger partial charge in [0.2, 0.25) is 0 Å². The fraction of sp³-hybridized carbons (Fsp3) is 0.136. The molecule has 0 radical (unpaired) electrons. The van der Waals surface area contributed by atoms with Crippen LogP contribution >= 0.6 is 0 Å². The van der Waals surface area contributed by atoms with Crippen molar-refractivity contribution in [2.24, 2.45) is 0 Å². The Bertz CT molecular complexity index is 1560. The van der Waals surface area contributed by atoms with Gasteiger partial charge in [-0.15, -0.1) is 0 Å². The second kappa shape index (κ2) is 8.01. The molecule has 2 aromatic carbocycles. The maximum absolute atomic E-state index is 14.6. The summed E-state index contributed by atoms with van der Waals surface area (Å²) in [6.07, 6.45) is 3.24. The molecule has 3 aromatic heterocycles. The van der Waals surface area contributed by atoms with Gasteiger partial charge in [-0.25, -0.2) is 33.1 Å². The third kappa shape index (κ3) is 3.47. The highest BCUT2D eigenvalue weighted by molar-refractivity contribution is 5.82. The fourth-order valence-corrected chi connectivity index (χ4v) is 3.70. The summed E-state index contributed by atoms with van der Waals surface area (Å²) in [7, 11) is 0. The first-order valence-electron chi connectivity index (χ1n) is 10.0. The number of fused-ring (bicyclic) bond motifs is 2. The first-order chi connectivity index (χ1) is 16.0. The van der Waals surface area contributed by atoms with Gasteiger partial charge in [0.25, 0.3) is 5.56 Å². The molecule has 0 aliphatic heterocycles. The molecular formula is C22H16F3N7O. The second-order valence-electron chi connectivity index (χ2n) is 7.27. The van der Waals surface area contributed by atoms with Crippen LogP contribution in [-0.2, 0) is 0 Å². The standard InChI is InChI=1S/C22H16F3N7O/c1-2-15(30-20-18-19(27-9-26-18)28-10-29-20)21-31-16-5-3-4-13(24)17(16)22(33)32(21)11-6-7-12(23)14(25)8-11/h3-10,15H,2H2,1H3,(H2,26,27,28,29,30). The van der Waals surface area contributed by atoms with Crippen molar-refractivity contribution in [2.45, 2.75) is 19.4 Å². The van der Waals surface area contributed by atoms with Gasteiger partial charge < -0.3 is 10.3 Å². The van der Waals surface area contributed by atoms with Crippen LogP contribution in [0.5, 0.6) is 0 Å². The zero-order valence-electron chi connectivity index (χ0n) is 17.2. The van der Waals surface area contributed by atoms with E-state index in [4.69, 9.17) is 0 Å². The third-order valence-electron chi connectivity index (χ3n) is 5.28. The van der Waals surface area contributed by atoms with Crippen LogP contribution < -0.4 is 10.9 Å². The Morgan fingerprint density at radius 1 is 1.06 bits per heavy atom. The number of nitrogens with one attached hydrogen (secondary N) is 2. The van der Waals surface area contributed by atoms with Crippen LogP contribution in [0.3, 0.4) is 0 Å². The van der Waals surface area contributed by atoms with Gasteiger partial charge in [0, 0.05) is 6.07 Å². The molecule has 2 N–H and O–H groups in total. The van der Waals surface area contributed by atoms with Gasteiger partial charge in [-0.2, -0.15) is 0 Å². The van der Waals surface area contributed by atoms with Crippen molar-refractivity contribution in [1.29, 1.82) is 0 Å². The molecule has 0 aliphatic rings. The Morgan fingerprint density at radius 2 is 1.91 bits per heavy atom. The van der Waals surface area contributed by atoms with Gasteiger partial charge in [0.1, 0.15) is 28.9 Å². The van der Waals surface area contributed by atoms with E-state index in [0.717, 1.165) is 22.8 Å². The molecule has 166 valence electrons.